The molecule has 0 fully saturated rings. The Balaban J connectivity index is 2.01. The van der Waals surface area contributed by atoms with Crippen LogP contribution in [0.15, 0.2) is 35.0 Å². The van der Waals surface area contributed by atoms with Crippen LogP contribution in [0.4, 0.5) is 16.2 Å². The van der Waals surface area contributed by atoms with Gasteiger partial charge in [0.2, 0.25) is 0 Å². The molecule has 1 aromatic carbocycles. The summed E-state index contributed by atoms with van der Waals surface area (Å²) in [7, 11) is 0. The lowest BCUT2D eigenvalue weighted by Gasteiger charge is -2.23. The van der Waals surface area contributed by atoms with E-state index in [1.807, 2.05) is 10.8 Å². The zero-order chi connectivity index (χ0) is 17.0. The topological polar surface area (TPSA) is 104 Å². The van der Waals surface area contributed by atoms with Crippen LogP contribution in [0.25, 0.3) is 0 Å². The van der Waals surface area contributed by atoms with Crippen LogP contribution < -0.4 is 10.6 Å². The molecular weight excluding hydrogens is 318 g/mol. The second kappa shape index (κ2) is 6.76. The lowest BCUT2D eigenvalue weighted by Crippen LogP contribution is -2.40. The first kappa shape index (κ1) is 16.9. The van der Waals surface area contributed by atoms with Gasteiger partial charge in [0, 0.05) is 6.07 Å². The van der Waals surface area contributed by atoms with Gasteiger partial charge in [-0.05, 0) is 42.3 Å². The summed E-state index contributed by atoms with van der Waals surface area (Å²) in [6.07, 6.45) is 0. The van der Waals surface area contributed by atoms with Gasteiger partial charge < -0.3 is 15.7 Å². The summed E-state index contributed by atoms with van der Waals surface area (Å²) in [4.78, 5) is 22.4. The Morgan fingerprint density at radius 2 is 2.17 bits per heavy atom. The molecule has 0 spiro atoms. The fraction of sp³-hybridized carbons (Fsp3) is 0.267. The van der Waals surface area contributed by atoms with E-state index in [0.29, 0.717) is 16.8 Å². The Labute approximate surface area is 137 Å². The third-order valence-corrected chi connectivity index (χ3v) is 4.17. The maximum absolute atomic E-state index is 12.0. The van der Waals surface area contributed by atoms with Gasteiger partial charge in [-0.3, -0.25) is 10.1 Å². The summed E-state index contributed by atoms with van der Waals surface area (Å²) in [5.41, 5.74) is 0.196. The Hall–Kier alpha value is -2.45. The molecule has 1 aromatic heterocycles. The second-order valence-corrected chi connectivity index (χ2v) is 6.08. The first-order valence-corrected chi connectivity index (χ1v) is 7.79. The first-order valence-electron chi connectivity index (χ1n) is 6.85. The number of anilines is 1. The van der Waals surface area contributed by atoms with E-state index in [1.54, 1.807) is 26.0 Å². The number of thiophene rings is 1. The third-order valence-electron chi connectivity index (χ3n) is 3.49. The maximum Gasteiger partial charge on any atom is 0.319 e. The molecule has 7 nitrogen and oxygen atoms in total. The standard InChI is InChI=1S/C15H17N3O4S/c1-10-12(4-3-5-13(10)18(21)22)17-14(19)16-9-15(2,20)11-6-7-23-8-11/h3-8,20H,9H2,1-2H3,(H2,16,17,19). The second-order valence-electron chi connectivity index (χ2n) is 5.30. The molecule has 23 heavy (non-hydrogen) atoms. The Kier molecular flexibility index (Phi) is 4.97. The average Bonchev–Trinajstić information content (AvgIpc) is 3.02. The van der Waals surface area contributed by atoms with E-state index in [4.69, 9.17) is 0 Å². The number of nitro benzene ring substituents is 1. The molecule has 0 saturated heterocycles. The van der Waals surface area contributed by atoms with Crippen molar-refractivity contribution in [2.24, 2.45) is 0 Å². The molecule has 0 saturated carbocycles. The number of nitrogens with one attached hydrogen (secondary N) is 2. The Morgan fingerprint density at radius 1 is 1.43 bits per heavy atom. The molecule has 0 radical (unpaired) electrons. The molecule has 3 N–H and O–H groups in total. The van der Waals surface area contributed by atoms with Crippen LogP contribution in [0.1, 0.15) is 18.1 Å². The SMILES string of the molecule is Cc1c(NC(=O)NCC(C)(O)c2ccsc2)cccc1[N+](=O)[O-]. The quantitative estimate of drug-likeness (QED) is 0.577. The van der Waals surface area contributed by atoms with Gasteiger partial charge in [-0.15, -0.1) is 0 Å². The summed E-state index contributed by atoms with van der Waals surface area (Å²) in [6, 6.07) is 5.71. The summed E-state index contributed by atoms with van der Waals surface area (Å²) in [5.74, 6) is 0. The van der Waals surface area contributed by atoms with Gasteiger partial charge in [0.15, 0.2) is 0 Å². The monoisotopic (exact) mass is 335 g/mol. The van der Waals surface area contributed by atoms with Crippen LogP contribution in [0, 0.1) is 17.0 Å². The van der Waals surface area contributed by atoms with Crippen LogP contribution >= 0.6 is 11.3 Å². The van der Waals surface area contributed by atoms with Crippen LogP contribution in [-0.4, -0.2) is 22.6 Å². The van der Waals surface area contributed by atoms with E-state index in [1.165, 1.54) is 23.5 Å². The number of benzene rings is 1. The van der Waals surface area contributed by atoms with E-state index >= 15 is 0 Å². The van der Waals surface area contributed by atoms with Gasteiger partial charge >= 0.3 is 6.03 Å². The predicted molar refractivity (Wildman–Crippen MR) is 88.7 cm³/mol. The summed E-state index contributed by atoms with van der Waals surface area (Å²) in [6.45, 7) is 3.19. The molecule has 122 valence electrons. The Morgan fingerprint density at radius 3 is 2.78 bits per heavy atom. The van der Waals surface area contributed by atoms with Crippen molar-refractivity contribution < 1.29 is 14.8 Å². The molecule has 0 aliphatic heterocycles. The summed E-state index contributed by atoms with van der Waals surface area (Å²) in [5, 5.41) is 30.0. The number of carbonyl (C=O) groups excluding carboxylic acids is 1. The molecule has 1 heterocycles. The van der Waals surface area contributed by atoms with Crippen LogP contribution in [0.2, 0.25) is 0 Å². The minimum Gasteiger partial charge on any atom is -0.384 e. The number of urea groups is 1. The number of hydrogen-bond acceptors (Lipinski definition) is 5. The van der Waals surface area contributed by atoms with Gasteiger partial charge in [0.05, 0.1) is 22.7 Å². The third kappa shape index (κ3) is 4.05. The van der Waals surface area contributed by atoms with Crippen molar-refractivity contribution in [3.63, 3.8) is 0 Å². The van der Waals surface area contributed by atoms with Crippen molar-refractivity contribution in [3.8, 4) is 0 Å². The molecule has 2 aromatic rings. The fourth-order valence-corrected chi connectivity index (χ4v) is 2.83. The van der Waals surface area contributed by atoms with Gasteiger partial charge in [0.25, 0.3) is 5.69 Å². The minimum absolute atomic E-state index is 0.0174. The lowest BCUT2D eigenvalue weighted by molar-refractivity contribution is -0.385. The van der Waals surface area contributed by atoms with E-state index in [2.05, 4.69) is 10.6 Å². The summed E-state index contributed by atoms with van der Waals surface area (Å²) >= 11 is 1.46. The number of aliphatic hydroxyl groups is 1. The number of hydrogen-bond donors (Lipinski definition) is 3. The van der Waals surface area contributed by atoms with Crippen molar-refractivity contribution in [1.29, 1.82) is 0 Å². The number of rotatable bonds is 5. The highest BCUT2D eigenvalue weighted by Crippen LogP contribution is 2.25. The average molecular weight is 335 g/mol. The van der Waals surface area contributed by atoms with Crippen LogP contribution in [-0.2, 0) is 5.60 Å². The molecule has 0 aliphatic carbocycles. The van der Waals surface area contributed by atoms with E-state index in [0.717, 1.165) is 0 Å². The first-order chi connectivity index (χ1) is 10.8. The highest BCUT2D eigenvalue weighted by Gasteiger charge is 2.24. The van der Waals surface area contributed by atoms with Crippen molar-refractivity contribution >= 4 is 28.7 Å². The molecule has 2 rings (SSSR count). The molecule has 1 atom stereocenters. The van der Waals surface area contributed by atoms with Crippen molar-refractivity contribution in [2.75, 3.05) is 11.9 Å². The molecule has 8 heteroatoms. The summed E-state index contributed by atoms with van der Waals surface area (Å²) < 4.78 is 0. The van der Waals surface area contributed by atoms with Crippen molar-refractivity contribution in [2.45, 2.75) is 19.4 Å². The number of amides is 2. The zero-order valence-electron chi connectivity index (χ0n) is 12.7. The lowest BCUT2D eigenvalue weighted by atomic mass is 9.99. The zero-order valence-corrected chi connectivity index (χ0v) is 13.5. The highest BCUT2D eigenvalue weighted by atomic mass is 32.1. The van der Waals surface area contributed by atoms with Crippen molar-refractivity contribution in [3.05, 3.63) is 56.3 Å². The van der Waals surface area contributed by atoms with Crippen LogP contribution in [0.5, 0.6) is 0 Å². The number of nitrogens with zero attached hydrogens (tertiary/aromatic N) is 1. The van der Waals surface area contributed by atoms with Crippen molar-refractivity contribution in [1.82, 2.24) is 5.32 Å². The molecule has 0 aliphatic rings. The maximum atomic E-state index is 12.0. The number of carbonyl (C=O) groups is 1. The van der Waals surface area contributed by atoms with Crippen LogP contribution in [0.3, 0.4) is 0 Å². The highest BCUT2D eigenvalue weighted by molar-refractivity contribution is 7.08. The van der Waals surface area contributed by atoms with E-state index in [9.17, 15) is 20.0 Å². The molecule has 1 unspecified atom stereocenters. The molecule has 0 bridgehead atoms. The van der Waals surface area contributed by atoms with E-state index < -0.39 is 16.6 Å². The largest absolute Gasteiger partial charge is 0.384 e. The number of nitro groups is 1. The molecule has 2 amide bonds. The van der Waals surface area contributed by atoms with Gasteiger partial charge in [-0.25, -0.2) is 4.79 Å². The minimum atomic E-state index is -1.19. The fourth-order valence-electron chi connectivity index (χ4n) is 2.05. The van der Waals surface area contributed by atoms with Gasteiger partial charge in [-0.1, -0.05) is 6.07 Å². The molecular formula is C15H17N3O4S. The van der Waals surface area contributed by atoms with Gasteiger partial charge in [0.1, 0.15) is 5.60 Å². The smallest absolute Gasteiger partial charge is 0.319 e. The Bertz CT molecular complexity index is 714. The normalized spacial score (nSPS) is 13.2. The van der Waals surface area contributed by atoms with Gasteiger partial charge in [-0.2, -0.15) is 11.3 Å². The predicted octanol–water partition coefficient (Wildman–Crippen LogP) is 2.99. The van der Waals surface area contributed by atoms with E-state index in [-0.39, 0.29) is 12.2 Å².